The van der Waals surface area contributed by atoms with Crippen molar-refractivity contribution in [1.82, 2.24) is 9.78 Å². The lowest BCUT2D eigenvalue weighted by Crippen LogP contribution is -2.02. The first-order valence-corrected chi connectivity index (χ1v) is 5.48. The molecule has 6 heteroatoms. The van der Waals surface area contributed by atoms with E-state index in [1.807, 2.05) is 13.8 Å². The maximum absolute atomic E-state index is 10.9. The predicted octanol–water partition coefficient (Wildman–Crippen LogP) is 2.29. The molecule has 1 heterocycles. The zero-order valence-electron chi connectivity index (χ0n) is 10.5. The standard InChI is InChI=1S/C12H14N4O2/c1-7-4-8(2)11(16(17)18)5-10(7)15-6-9(3)12(13)14-15/h4-6H,1-3H3,(H2,13,14). The van der Waals surface area contributed by atoms with Gasteiger partial charge in [0, 0.05) is 23.4 Å². The van der Waals surface area contributed by atoms with Crippen LogP contribution in [-0.2, 0) is 0 Å². The number of nitrogen functional groups attached to an aromatic ring is 1. The molecule has 0 atom stereocenters. The van der Waals surface area contributed by atoms with Crippen molar-refractivity contribution < 1.29 is 4.92 Å². The molecule has 2 aromatic rings. The van der Waals surface area contributed by atoms with E-state index >= 15 is 0 Å². The fourth-order valence-corrected chi connectivity index (χ4v) is 1.87. The van der Waals surface area contributed by atoms with Gasteiger partial charge in [-0.2, -0.15) is 5.10 Å². The smallest absolute Gasteiger partial charge is 0.274 e. The lowest BCUT2D eigenvalue weighted by Gasteiger charge is -2.07. The minimum absolute atomic E-state index is 0.0855. The lowest BCUT2D eigenvalue weighted by atomic mass is 10.1. The SMILES string of the molecule is Cc1cc(C)c([N+](=O)[O-])cc1-n1cc(C)c(N)n1. The quantitative estimate of drug-likeness (QED) is 0.650. The number of nitro groups is 1. The number of nitro benzene ring substituents is 1. The van der Waals surface area contributed by atoms with Crippen LogP contribution in [0, 0.1) is 30.9 Å². The molecule has 1 aromatic carbocycles. The minimum atomic E-state index is -0.391. The molecular formula is C12H14N4O2. The molecule has 0 saturated heterocycles. The Labute approximate surface area is 104 Å². The van der Waals surface area contributed by atoms with Gasteiger partial charge in [-0.25, -0.2) is 4.68 Å². The van der Waals surface area contributed by atoms with Crippen LogP contribution in [0.15, 0.2) is 18.3 Å². The first kappa shape index (κ1) is 12.1. The minimum Gasteiger partial charge on any atom is -0.382 e. The van der Waals surface area contributed by atoms with Gasteiger partial charge in [0.25, 0.3) is 5.69 Å². The number of benzene rings is 1. The van der Waals surface area contributed by atoms with Crippen molar-refractivity contribution in [3.05, 3.63) is 45.1 Å². The highest BCUT2D eigenvalue weighted by atomic mass is 16.6. The van der Waals surface area contributed by atoms with Crippen molar-refractivity contribution in [3.63, 3.8) is 0 Å². The van der Waals surface area contributed by atoms with Gasteiger partial charge >= 0.3 is 0 Å². The Morgan fingerprint density at radius 3 is 2.39 bits per heavy atom. The number of nitrogens with zero attached hydrogens (tertiary/aromatic N) is 3. The Morgan fingerprint density at radius 2 is 1.89 bits per heavy atom. The lowest BCUT2D eigenvalue weighted by molar-refractivity contribution is -0.385. The van der Waals surface area contributed by atoms with Gasteiger partial charge < -0.3 is 5.73 Å². The summed E-state index contributed by atoms with van der Waals surface area (Å²) in [6, 6.07) is 3.30. The second-order valence-electron chi connectivity index (χ2n) is 4.32. The molecule has 0 aliphatic heterocycles. The van der Waals surface area contributed by atoms with E-state index in [9.17, 15) is 10.1 Å². The zero-order chi connectivity index (χ0) is 13.4. The molecule has 0 spiro atoms. The average molecular weight is 246 g/mol. The summed E-state index contributed by atoms with van der Waals surface area (Å²) in [5.74, 6) is 0.428. The highest BCUT2D eigenvalue weighted by Gasteiger charge is 2.15. The number of aromatic nitrogens is 2. The van der Waals surface area contributed by atoms with E-state index in [0.29, 0.717) is 17.1 Å². The summed E-state index contributed by atoms with van der Waals surface area (Å²) in [7, 11) is 0. The fraction of sp³-hybridized carbons (Fsp3) is 0.250. The highest BCUT2D eigenvalue weighted by molar-refractivity contribution is 5.54. The molecule has 2 rings (SSSR count). The highest BCUT2D eigenvalue weighted by Crippen LogP contribution is 2.25. The van der Waals surface area contributed by atoms with Crippen LogP contribution in [0.4, 0.5) is 11.5 Å². The van der Waals surface area contributed by atoms with E-state index in [2.05, 4.69) is 5.10 Å². The summed E-state index contributed by atoms with van der Waals surface area (Å²) in [6.45, 7) is 5.45. The molecule has 94 valence electrons. The Morgan fingerprint density at radius 1 is 1.22 bits per heavy atom. The van der Waals surface area contributed by atoms with Crippen molar-refractivity contribution in [2.75, 3.05) is 5.73 Å². The van der Waals surface area contributed by atoms with Crippen LogP contribution in [-0.4, -0.2) is 14.7 Å². The van der Waals surface area contributed by atoms with Crippen molar-refractivity contribution in [3.8, 4) is 5.69 Å². The third-order valence-corrected chi connectivity index (χ3v) is 2.89. The van der Waals surface area contributed by atoms with Crippen LogP contribution in [0.2, 0.25) is 0 Å². The molecular weight excluding hydrogens is 232 g/mol. The molecule has 0 aliphatic rings. The first-order chi connectivity index (χ1) is 8.40. The third-order valence-electron chi connectivity index (χ3n) is 2.89. The van der Waals surface area contributed by atoms with E-state index in [1.165, 1.54) is 6.07 Å². The van der Waals surface area contributed by atoms with E-state index in [1.54, 1.807) is 23.9 Å². The summed E-state index contributed by atoms with van der Waals surface area (Å²) >= 11 is 0. The van der Waals surface area contributed by atoms with Crippen LogP contribution in [0.3, 0.4) is 0 Å². The van der Waals surface area contributed by atoms with Crippen LogP contribution < -0.4 is 5.73 Å². The Balaban J connectivity index is 2.64. The second-order valence-corrected chi connectivity index (χ2v) is 4.32. The van der Waals surface area contributed by atoms with Crippen LogP contribution >= 0.6 is 0 Å². The summed E-state index contributed by atoms with van der Waals surface area (Å²) < 4.78 is 1.58. The Bertz CT molecular complexity index is 612. The van der Waals surface area contributed by atoms with Gasteiger partial charge in [0.05, 0.1) is 10.6 Å². The van der Waals surface area contributed by atoms with Crippen LogP contribution in [0.5, 0.6) is 0 Å². The predicted molar refractivity (Wildman–Crippen MR) is 68.8 cm³/mol. The normalized spacial score (nSPS) is 10.6. The topological polar surface area (TPSA) is 87.0 Å². The second kappa shape index (κ2) is 4.14. The average Bonchev–Trinajstić information content (AvgIpc) is 2.58. The van der Waals surface area contributed by atoms with E-state index in [4.69, 9.17) is 5.73 Å². The Hall–Kier alpha value is -2.37. The maximum Gasteiger partial charge on any atom is 0.274 e. The van der Waals surface area contributed by atoms with E-state index in [0.717, 1.165) is 11.1 Å². The van der Waals surface area contributed by atoms with Crippen LogP contribution in [0.1, 0.15) is 16.7 Å². The summed E-state index contributed by atoms with van der Waals surface area (Å²) in [5, 5.41) is 15.1. The molecule has 1 aromatic heterocycles. The molecule has 2 N–H and O–H groups in total. The van der Waals surface area contributed by atoms with Gasteiger partial charge in [0.15, 0.2) is 0 Å². The maximum atomic E-state index is 10.9. The van der Waals surface area contributed by atoms with Crippen molar-refractivity contribution in [1.29, 1.82) is 0 Å². The molecule has 0 aliphatic carbocycles. The summed E-state index contributed by atoms with van der Waals surface area (Å²) in [6.07, 6.45) is 1.76. The van der Waals surface area contributed by atoms with Gasteiger partial charge in [-0.1, -0.05) is 0 Å². The van der Waals surface area contributed by atoms with Gasteiger partial charge in [0.2, 0.25) is 0 Å². The number of hydrogen-bond acceptors (Lipinski definition) is 4. The van der Waals surface area contributed by atoms with Gasteiger partial charge in [-0.05, 0) is 32.4 Å². The van der Waals surface area contributed by atoms with Gasteiger partial charge in [0.1, 0.15) is 5.82 Å². The van der Waals surface area contributed by atoms with Gasteiger partial charge in [-0.15, -0.1) is 0 Å². The number of aryl methyl sites for hydroxylation is 3. The monoisotopic (exact) mass is 246 g/mol. The molecule has 0 amide bonds. The largest absolute Gasteiger partial charge is 0.382 e. The van der Waals surface area contributed by atoms with E-state index < -0.39 is 4.92 Å². The first-order valence-electron chi connectivity index (χ1n) is 5.48. The number of anilines is 1. The molecule has 0 saturated carbocycles. The molecule has 0 radical (unpaired) electrons. The summed E-state index contributed by atoms with van der Waals surface area (Å²) in [4.78, 5) is 10.5. The number of rotatable bonds is 2. The molecule has 6 nitrogen and oxygen atoms in total. The molecule has 0 bridgehead atoms. The van der Waals surface area contributed by atoms with E-state index in [-0.39, 0.29) is 5.69 Å². The van der Waals surface area contributed by atoms with Crippen LogP contribution in [0.25, 0.3) is 5.69 Å². The van der Waals surface area contributed by atoms with Crippen molar-refractivity contribution in [2.45, 2.75) is 20.8 Å². The molecule has 0 fully saturated rings. The Kier molecular flexibility index (Phi) is 2.78. The number of hydrogen-bond donors (Lipinski definition) is 1. The van der Waals surface area contributed by atoms with Crippen molar-refractivity contribution >= 4 is 11.5 Å². The third kappa shape index (κ3) is 1.92. The zero-order valence-corrected chi connectivity index (χ0v) is 10.5. The number of nitrogens with two attached hydrogens (primary N) is 1. The van der Waals surface area contributed by atoms with Crippen molar-refractivity contribution in [2.24, 2.45) is 0 Å². The molecule has 0 unspecified atom stereocenters. The fourth-order valence-electron chi connectivity index (χ4n) is 1.87. The van der Waals surface area contributed by atoms with Gasteiger partial charge in [-0.3, -0.25) is 10.1 Å². The summed E-state index contributed by atoms with van der Waals surface area (Å²) in [5.41, 5.74) is 8.85. The molecule has 18 heavy (non-hydrogen) atoms.